The first kappa shape index (κ1) is 24.3. The molecule has 0 radical (unpaired) electrons. The van der Waals surface area contributed by atoms with Gasteiger partial charge in [0.15, 0.2) is 6.61 Å². The number of hydrazine groups is 1. The van der Waals surface area contributed by atoms with Crippen LogP contribution in [0.15, 0.2) is 54.6 Å². The molecule has 0 heterocycles. The molecule has 0 unspecified atom stereocenters. The van der Waals surface area contributed by atoms with Crippen molar-refractivity contribution >= 4 is 11.8 Å². The van der Waals surface area contributed by atoms with E-state index in [4.69, 9.17) is 9.47 Å². The van der Waals surface area contributed by atoms with Crippen LogP contribution >= 0.6 is 0 Å². The van der Waals surface area contributed by atoms with Crippen molar-refractivity contribution in [2.75, 3.05) is 13.2 Å². The minimum Gasteiger partial charge on any atom is -0.493 e. The van der Waals surface area contributed by atoms with Gasteiger partial charge in [-0.15, -0.1) is 0 Å². The van der Waals surface area contributed by atoms with Crippen molar-refractivity contribution in [3.8, 4) is 11.5 Å². The molecule has 0 spiro atoms. The first-order valence-corrected chi connectivity index (χ1v) is 10.5. The third-order valence-electron chi connectivity index (χ3n) is 4.66. The fraction of sp³-hybridized carbons (Fsp3) is 0.440. The quantitative estimate of drug-likeness (QED) is 0.583. The lowest BCUT2D eigenvalue weighted by atomic mass is 9.72. The molecule has 0 bridgehead atoms. The smallest absolute Gasteiger partial charge is 0.276 e. The maximum atomic E-state index is 11.9. The molecule has 6 nitrogen and oxygen atoms in total. The molecule has 2 rings (SSSR count). The van der Waals surface area contributed by atoms with Crippen molar-refractivity contribution in [3.05, 3.63) is 60.2 Å². The van der Waals surface area contributed by atoms with Gasteiger partial charge in [-0.2, -0.15) is 0 Å². The van der Waals surface area contributed by atoms with Gasteiger partial charge in [0.05, 0.1) is 13.0 Å². The van der Waals surface area contributed by atoms with Crippen molar-refractivity contribution < 1.29 is 19.1 Å². The van der Waals surface area contributed by atoms with E-state index < -0.39 is 5.91 Å². The van der Waals surface area contributed by atoms with E-state index in [2.05, 4.69) is 45.5 Å². The lowest BCUT2D eigenvalue weighted by Crippen LogP contribution is -2.44. The van der Waals surface area contributed by atoms with Gasteiger partial charge in [0.25, 0.3) is 5.91 Å². The molecule has 168 valence electrons. The summed E-state index contributed by atoms with van der Waals surface area (Å²) < 4.78 is 11.0. The Bertz CT molecular complexity index is 840. The van der Waals surface area contributed by atoms with Crippen LogP contribution in [0.2, 0.25) is 0 Å². The highest BCUT2D eigenvalue weighted by atomic mass is 16.5. The number of benzene rings is 2. The monoisotopic (exact) mass is 426 g/mol. The summed E-state index contributed by atoms with van der Waals surface area (Å²) in [5.74, 6) is 0.526. The van der Waals surface area contributed by atoms with Crippen molar-refractivity contribution in [2.45, 2.75) is 52.9 Å². The van der Waals surface area contributed by atoms with E-state index in [-0.39, 0.29) is 36.4 Å². The van der Waals surface area contributed by atoms with Crippen LogP contribution in [0.25, 0.3) is 0 Å². The third-order valence-corrected chi connectivity index (χ3v) is 4.66. The number of nitrogens with one attached hydrogen (secondary N) is 2. The number of para-hydroxylation sites is 1. The molecule has 2 amide bonds. The second-order valence-corrected chi connectivity index (χ2v) is 9.44. The van der Waals surface area contributed by atoms with Crippen LogP contribution in [0.1, 0.15) is 53.0 Å². The first-order chi connectivity index (χ1) is 14.5. The van der Waals surface area contributed by atoms with Crippen LogP contribution in [0, 0.1) is 5.41 Å². The van der Waals surface area contributed by atoms with Gasteiger partial charge in [-0.1, -0.05) is 65.0 Å². The molecular formula is C25H34N2O4. The zero-order valence-corrected chi connectivity index (χ0v) is 19.2. The Balaban J connectivity index is 1.69. The molecule has 0 aliphatic heterocycles. The van der Waals surface area contributed by atoms with Crippen LogP contribution in [-0.2, 0) is 15.0 Å². The van der Waals surface area contributed by atoms with E-state index in [1.165, 1.54) is 5.56 Å². The summed E-state index contributed by atoms with van der Waals surface area (Å²) in [7, 11) is 0. The second kappa shape index (κ2) is 10.8. The topological polar surface area (TPSA) is 76.7 Å². The molecule has 0 atom stereocenters. The maximum absolute atomic E-state index is 11.9. The van der Waals surface area contributed by atoms with Gasteiger partial charge in [0.2, 0.25) is 5.91 Å². The van der Waals surface area contributed by atoms with E-state index >= 15 is 0 Å². The maximum Gasteiger partial charge on any atom is 0.276 e. The van der Waals surface area contributed by atoms with Gasteiger partial charge in [0, 0.05) is 0 Å². The van der Waals surface area contributed by atoms with Gasteiger partial charge >= 0.3 is 0 Å². The molecule has 0 aromatic heterocycles. The van der Waals surface area contributed by atoms with Crippen molar-refractivity contribution in [2.24, 2.45) is 5.41 Å². The molecule has 2 aromatic rings. The lowest BCUT2D eigenvalue weighted by molar-refractivity contribution is -0.130. The molecule has 0 aliphatic rings. The Labute approximate surface area is 185 Å². The van der Waals surface area contributed by atoms with Crippen LogP contribution in [0.3, 0.4) is 0 Å². The molecule has 2 aromatic carbocycles. The lowest BCUT2D eigenvalue weighted by Gasteiger charge is -2.33. The Morgan fingerprint density at radius 2 is 1.35 bits per heavy atom. The minimum atomic E-state index is -0.436. The minimum absolute atomic E-state index is 0.0443. The fourth-order valence-electron chi connectivity index (χ4n) is 3.60. The van der Waals surface area contributed by atoms with Gasteiger partial charge in [0.1, 0.15) is 11.5 Å². The summed E-state index contributed by atoms with van der Waals surface area (Å²) in [5.41, 5.74) is 6.20. The van der Waals surface area contributed by atoms with E-state index in [1.807, 2.05) is 54.6 Å². The molecule has 2 N–H and O–H groups in total. The van der Waals surface area contributed by atoms with Gasteiger partial charge < -0.3 is 9.47 Å². The average molecular weight is 427 g/mol. The predicted octanol–water partition coefficient (Wildman–Crippen LogP) is 4.40. The molecule has 0 saturated carbocycles. The fourth-order valence-corrected chi connectivity index (χ4v) is 3.60. The number of carbonyl (C=O) groups is 2. The summed E-state index contributed by atoms with van der Waals surface area (Å²) in [6.07, 6.45) is 1.18. The van der Waals surface area contributed by atoms with E-state index in [9.17, 15) is 9.59 Å². The molecule has 0 fully saturated rings. The molecule has 31 heavy (non-hydrogen) atoms. The second-order valence-electron chi connectivity index (χ2n) is 9.44. The zero-order chi connectivity index (χ0) is 22.9. The van der Waals surface area contributed by atoms with Gasteiger partial charge in [-0.3, -0.25) is 20.4 Å². The number of ether oxygens (including phenoxy) is 2. The van der Waals surface area contributed by atoms with Crippen LogP contribution in [0.5, 0.6) is 11.5 Å². The third kappa shape index (κ3) is 9.11. The number of amides is 2. The summed E-state index contributed by atoms with van der Waals surface area (Å²) in [6, 6.07) is 17.0. The normalized spacial score (nSPS) is 11.5. The van der Waals surface area contributed by atoms with Crippen LogP contribution in [0.4, 0.5) is 0 Å². The summed E-state index contributed by atoms with van der Waals surface area (Å²) in [5, 5.41) is 0. The van der Waals surface area contributed by atoms with Crippen LogP contribution in [-0.4, -0.2) is 25.0 Å². The van der Waals surface area contributed by atoms with Gasteiger partial charge in [-0.25, -0.2) is 0 Å². The standard InChI is InChI=1S/C25H34N2O4/c1-24(2,3)18-25(4,5)19-11-13-21(14-12-19)31-17-23(29)27-26-22(28)15-16-30-20-9-7-6-8-10-20/h6-14H,15-18H2,1-5H3,(H,26,28)(H,27,29). The Morgan fingerprint density at radius 1 is 0.774 bits per heavy atom. The highest BCUT2D eigenvalue weighted by molar-refractivity contribution is 5.82. The Kier molecular flexibility index (Phi) is 8.48. The highest BCUT2D eigenvalue weighted by Crippen LogP contribution is 2.36. The van der Waals surface area contributed by atoms with Crippen molar-refractivity contribution in [1.82, 2.24) is 10.9 Å². The summed E-state index contributed by atoms with van der Waals surface area (Å²) in [6.45, 7) is 11.2. The van der Waals surface area contributed by atoms with Crippen LogP contribution < -0.4 is 20.3 Å². The molecule has 0 aliphatic carbocycles. The molecule has 0 saturated heterocycles. The van der Waals surface area contributed by atoms with E-state index in [0.29, 0.717) is 11.5 Å². The Hall–Kier alpha value is -3.02. The molecule has 6 heteroatoms. The largest absolute Gasteiger partial charge is 0.493 e. The average Bonchev–Trinajstić information content (AvgIpc) is 2.70. The number of carbonyl (C=O) groups excluding carboxylic acids is 2. The van der Waals surface area contributed by atoms with E-state index in [1.54, 1.807) is 0 Å². The number of hydrogen-bond donors (Lipinski definition) is 2. The predicted molar refractivity (Wildman–Crippen MR) is 122 cm³/mol. The zero-order valence-electron chi connectivity index (χ0n) is 19.2. The number of hydrogen-bond acceptors (Lipinski definition) is 4. The Morgan fingerprint density at radius 3 is 1.97 bits per heavy atom. The summed E-state index contributed by atoms with van der Waals surface area (Å²) >= 11 is 0. The SMILES string of the molecule is CC(C)(C)CC(C)(C)c1ccc(OCC(=O)NNC(=O)CCOc2ccccc2)cc1. The molecular weight excluding hydrogens is 392 g/mol. The summed E-state index contributed by atoms with van der Waals surface area (Å²) in [4.78, 5) is 23.7. The van der Waals surface area contributed by atoms with Gasteiger partial charge in [-0.05, 0) is 47.1 Å². The first-order valence-electron chi connectivity index (χ1n) is 10.5. The van der Waals surface area contributed by atoms with Crippen molar-refractivity contribution in [1.29, 1.82) is 0 Å². The van der Waals surface area contributed by atoms with Crippen molar-refractivity contribution in [3.63, 3.8) is 0 Å². The highest BCUT2D eigenvalue weighted by Gasteiger charge is 2.27. The number of rotatable bonds is 9. The van der Waals surface area contributed by atoms with E-state index in [0.717, 1.165) is 6.42 Å².